The minimum atomic E-state index is -0.210. The van der Waals surface area contributed by atoms with E-state index < -0.39 is 0 Å². The summed E-state index contributed by atoms with van der Waals surface area (Å²) in [5.41, 5.74) is 2.23. The first-order chi connectivity index (χ1) is 16.4. The SMILES string of the molecule is CC[C@@H](C)c1nc2ccc(Br)cc2c(=O)n1N=Cc1ccc(OCc2ccc(Br)cc2)c(Cl)c1. The number of hydrogen-bond acceptors (Lipinski definition) is 4. The van der Waals surface area contributed by atoms with E-state index in [1.807, 2.05) is 49.4 Å². The van der Waals surface area contributed by atoms with Crippen molar-refractivity contribution in [1.29, 1.82) is 0 Å². The molecular weight excluding hydrogens is 582 g/mol. The molecule has 0 unspecified atom stereocenters. The summed E-state index contributed by atoms with van der Waals surface area (Å²) in [6.07, 6.45) is 2.45. The fraction of sp³-hybridized carbons (Fsp3) is 0.192. The molecule has 1 heterocycles. The predicted molar refractivity (Wildman–Crippen MR) is 145 cm³/mol. The van der Waals surface area contributed by atoms with Gasteiger partial charge in [-0.3, -0.25) is 4.79 Å². The molecule has 0 saturated heterocycles. The van der Waals surface area contributed by atoms with Crippen molar-refractivity contribution in [2.75, 3.05) is 0 Å². The summed E-state index contributed by atoms with van der Waals surface area (Å²) in [6.45, 7) is 4.50. The van der Waals surface area contributed by atoms with E-state index in [0.717, 1.165) is 26.5 Å². The number of ether oxygens (including phenoxy) is 1. The van der Waals surface area contributed by atoms with Gasteiger partial charge in [-0.25, -0.2) is 4.98 Å². The largest absolute Gasteiger partial charge is 0.487 e. The molecule has 4 aromatic rings. The molecule has 0 aliphatic heterocycles. The molecule has 0 fully saturated rings. The summed E-state index contributed by atoms with van der Waals surface area (Å²) in [4.78, 5) is 18.0. The Bertz CT molecular complexity index is 1420. The first-order valence-electron chi connectivity index (χ1n) is 10.8. The highest BCUT2D eigenvalue weighted by Crippen LogP contribution is 2.26. The highest BCUT2D eigenvalue weighted by atomic mass is 79.9. The van der Waals surface area contributed by atoms with Crippen molar-refractivity contribution in [2.24, 2.45) is 5.10 Å². The van der Waals surface area contributed by atoms with Crippen molar-refractivity contribution in [2.45, 2.75) is 32.8 Å². The Morgan fingerprint density at radius 3 is 2.53 bits per heavy atom. The van der Waals surface area contributed by atoms with Crippen molar-refractivity contribution in [3.63, 3.8) is 0 Å². The second kappa shape index (κ2) is 10.8. The molecule has 4 rings (SSSR count). The number of hydrogen-bond donors (Lipinski definition) is 0. The van der Waals surface area contributed by atoms with Crippen LogP contribution in [0.3, 0.4) is 0 Å². The minimum Gasteiger partial charge on any atom is -0.487 e. The summed E-state index contributed by atoms with van der Waals surface area (Å²) in [7, 11) is 0. The molecule has 0 bridgehead atoms. The van der Waals surface area contributed by atoms with Crippen LogP contribution >= 0.6 is 43.5 Å². The Morgan fingerprint density at radius 2 is 1.82 bits per heavy atom. The number of rotatable bonds is 7. The number of halogens is 3. The van der Waals surface area contributed by atoms with Crippen LogP contribution < -0.4 is 10.3 Å². The Kier molecular flexibility index (Phi) is 7.86. The molecule has 5 nitrogen and oxygen atoms in total. The molecule has 0 aliphatic rings. The molecule has 174 valence electrons. The monoisotopic (exact) mass is 601 g/mol. The third-order valence-corrected chi connectivity index (χ3v) is 6.79. The van der Waals surface area contributed by atoms with Crippen LogP contribution in [0.15, 0.2) is 79.5 Å². The van der Waals surface area contributed by atoms with Gasteiger partial charge in [0.05, 0.1) is 22.1 Å². The van der Waals surface area contributed by atoms with Crippen LogP contribution in [0.25, 0.3) is 10.9 Å². The van der Waals surface area contributed by atoms with Crippen LogP contribution in [0.5, 0.6) is 5.75 Å². The van der Waals surface area contributed by atoms with E-state index in [0.29, 0.717) is 34.1 Å². The van der Waals surface area contributed by atoms with Crippen molar-refractivity contribution >= 4 is 60.6 Å². The Morgan fingerprint density at radius 1 is 1.09 bits per heavy atom. The molecule has 0 aliphatic carbocycles. The molecule has 3 aromatic carbocycles. The first-order valence-corrected chi connectivity index (χ1v) is 12.8. The van der Waals surface area contributed by atoms with E-state index in [-0.39, 0.29) is 11.5 Å². The maximum atomic E-state index is 13.2. The lowest BCUT2D eigenvalue weighted by Gasteiger charge is -2.14. The van der Waals surface area contributed by atoms with Crippen LogP contribution in [-0.4, -0.2) is 15.9 Å². The predicted octanol–water partition coefficient (Wildman–Crippen LogP) is 7.55. The summed E-state index contributed by atoms with van der Waals surface area (Å²) >= 11 is 13.3. The van der Waals surface area contributed by atoms with Gasteiger partial charge in [0.2, 0.25) is 0 Å². The van der Waals surface area contributed by atoms with Gasteiger partial charge in [0.1, 0.15) is 18.2 Å². The highest BCUT2D eigenvalue weighted by molar-refractivity contribution is 9.10. The van der Waals surface area contributed by atoms with E-state index in [9.17, 15) is 4.79 Å². The standard InChI is InChI=1S/C26H22Br2ClN3O2/c1-3-16(2)25-31-23-10-9-20(28)13-21(23)26(33)32(25)30-14-18-6-11-24(22(29)12-18)34-15-17-4-7-19(27)8-5-17/h4-14,16H,3,15H2,1-2H3/t16-/m1/s1. The van der Waals surface area contributed by atoms with Crippen LogP contribution in [0.1, 0.15) is 43.1 Å². The molecule has 1 aromatic heterocycles. The van der Waals surface area contributed by atoms with Crippen LogP contribution in [0.2, 0.25) is 5.02 Å². The van der Waals surface area contributed by atoms with Gasteiger partial charge in [-0.1, -0.05) is 69.4 Å². The second-order valence-corrected chi connectivity index (χ2v) is 10.1. The van der Waals surface area contributed by atoms with E-state index in [2.05, 4.69) is 43.9 Å². The van der Waals surface area contributed by atoms with Crippen molar-refractivity contribution in [1.82, 2.24) is 9.66 Å². The number of aromatic nitrogens is 2. The second-order valence-electron chi connectivity index (χ2n) is 7.91. The van der Waals surface area contributed by atoms with Gasteiger partial charge in [-0.2, -0.15) is 9.78 Å². The Hall–Kier alpha value is -2.48. The molecule has 0 radical (unpaired) electrons. The maximum Gasteiger partial charge on any atom is 0.282 e. The first kappa shape index (κ1) is 24.6. The lowest BCUT2D eigenvalue weighted by molar-refractivity contribution is 0.306. The third kappa shape index (κ3) is 5.59. The lowest BCUT2D eigenvalue weighted by atomic mass is 10.1. The molecule has 0 spiro atoms. The van der Waals surface area contributed by atoms with E-state index >= 15 is 0 Å². The van der Waals surface area contributed by atoms with Crippen LogP contribution in [0, 0.1) is 0 Å². The zero-order valence-corrected chi connectivity index (χ0v) is 22.6. The van der Waals surface area contributed by atoms with Crippen LogP contribution in [0.4, 0.5) is 0 Å². The van der Waals surface area contributed by atoms with Gasteiger partial charge in [0.25, 0.3) is 5.56 Å². The highest BCUT2D eigenvalue weighted by Gasteiger charge is 2.15. The molecule has 34 heavy (non-hydrogen) atoms. The Labute approximate surface area is 219 Å². The maximum absolute atomic E-state index is 13.2. The third-order valence-electron chi connectivity index (χ3n) is 5.47. The number of benzene rings is 3. The molecular formula is C26H22Br2ClN3O2. The molecule has 0 saturated carbocycles. The average molecular weight is 604 g/mol. The lowest BCUT2D eigenvalue weighted by Crippen LogP contribution is -2.23. The van der Waals surface area contributed by atoms with E-state index in [1.165, 1.54) is 4.68 Å². The fourth-order valence-corrected chi connectivity index (χ4v) is 4.23. The van der Waals surface area contributed by atoms with Gasteiger partial charge in [0, 0.05) is 14.9 Å². The zero-order chi connectivity index (χ0) is 24.2. The Balaban J connectivity index is 1.62. The van der Waals surface area contributed by atoms with Gasteiger partial charge in [-0.05, 0) is 66.1 Å². The van der Waals surface area contributed by atoms with Gasteiger partial charge >= 0.3 is 0 Å². The molecule has 1 atom stereocenters. The van der Waals surface area contributed by atoms with E-state index in [1.54, 1.807) is 24.4 Å². The fourth-order valence-electron chi connectivity index (χ4n) is 3.36. The summed E-state index contributed by atoms with van der Waals surface area (Å²) in [5, 5.41) is 5.47. The number of fused-ring (bicyclic) bond motifs is 1. The average Bonchev–Trinajstić information content (AvgIpc) is 2.83. The quantitative estimate of drug-likeness (QED) is 0.205. The molecule has 8 heteroatoms. The van der Waals surface area contributed by atoms with E-state index in [4.69, 9.17) is 21.3 Å². The summed E-state index contributed by atoms with van der Waals surface area (Å²) in [6, 6.07) is 18.8. The van der Waals surface area contributed by atoms with Crippen LogP contribution in [-0.2, 0) is 6.61 Å². The molecule has 0 N–H and O–H groups in total. The minimum absolute atomic E-state index is 0.0656. The molecule has 0 amide bonds. The van der Waals surface area contributed by atoms with Crippen molar-refractivity contribution < 1.29 is 4.74 Å². The number of nitrogens with zero attached hydrogens (tertiary/aromatic N) is 3. The smallest absolute Gasteiger partial charge is 0.282 e. The zero-order valence-electron chi connectivity index (χ0n) is 18.6. The van der Waals surface area contributed by atoms with Gasteiger partial charge in [-0.15, -0.1) is 0 Å². The van der Waals surface area contributed by atoms with Crippen molar-refractivity contribution in [3.8, 4) is 5.75 Å². The van der Waals surface area contributed by atoms with Crippen molar-refractivity contribution in [3.05, 3.63) is 102 Å². The topological polar surface area (TPSA) is 56.5 Å². The normalized spacial score (nSPS) is 12.4. The summed E-state index contributed by atoms with van der Waals surface area (Å²) < 4.78 is 9.08. The van der Waals surface area contributed by atoms with Gasteiger partial charge < -0.3 is 4.74 Å². The summed E-state index contributed by atoms with van der Waals surface area (Å²) in [5.74, 6) is 1.27. The van der Waals surface area contributed by atoms with Gasteiger partial charge in [0.15, 0.2) is 0 Å².